The monoisotopic (exact) mass is 241 g/mol. The van der Waals surface area contributed by atoms with Gasteiger partial charge in [-0.1, -0.05) is 12.2 Å². The van der Waals surface area contributed by atoms with Crippen molar-refractivity contribution in [3.63, 3.8) is 0 Å². The van der Waals surface area contributed by atoms with E-state index in [0.29, 0.717) is 16.8 Å². The van der Waals surface area contributed by atoms with Gasteiger partial charge in [0.2, 0.25) is 0 Å². The summed E-state index contributed by atoms with van der Waals surface area (Å²) in [5, 5.41) is 0. The molecule has 0 radical (unpaired) electrons. The van der Waals surface area contributed by atoms with Gasteiger partial charge in [-0.25, -0.2) is 4.79 Å². The molecule has 1 aromatic heterocycles. The summed E-state index contributed by atoms with van der Waals surface area (Å²) in [6.07, 6.45) is 1.69. The van der Waals surface area contributed by atoms with Crippen molar-refractivity contribution >= 4 is 18.2 Å². The van der Waals surface area contributed by atoms with Crippen molar-refractivity contribution in [2.45, 2.75) is 0 Å². The van der Waals surface area contributed by atoms with Crippen LogP contribution in [0.2, 0.25) is 0 Å². The number of H-pyrrole nitrogens is 1. The first-order valence-corrected chi connectivity index (χ1v) is 5.46. The number of hydrogen-bond acceptors (Lipinski definition) is 3. The van der Waals surface area contributed by atoms with Gasteiger partial charge in [0.1, 0.15) is 17.8 Å². The number of hydrogen-bond donors (Lipinski definition) is 1. The van der Waals surface area contributed by atoms with Gasteiger partial charge in [0.05, 0.1) is 26.7 Å². The van der Waals surface area contributed by atoms with Crippen LogP contribution in [0.4, 0.5) is 0 Å². The molecular weight excluding hydrogens is 224 g/mol. The first kappa shape index (κ1) is 12.9. The number of likely N-dealkylation sites (N-methyl/N-ethyl adjacent to an activating group) is 1. The summed E-state index contributed by atoms with van der Waals surface area (Å²) >= 11 is 4.99. The number of nitrogens with one attached hydrogen (secondary N) is 1. The Morgan fingerprint density at radius 1 is 1.50 bits per heavy atom. The summed E-state index contributed by atoms with van der Waals surface area (Å²) < 4.78 is 6.32. The third-order valence-corrected chi connectivity index (χ3v) is 2.37. The van der Waals surface area contributed by atoms with Gasteiger partial charge in [0, 0.05) is 6.20 Å². The van der Waals surface area contributed by atoms with Crippen molar-refractivity contribution in [2.24, 2.45) is 0 Å². The van der Waals surface area contributed by atoms with Gasteiger partial charge in [-0.2, -0.15) is 0 Å². The number of quaternary nitrogens is 1. The molecule has 1 rings (SSSR count). The highest BCUT2D eigenvalue weighted by atomic mass is 32.1. The molecule has 1 N–H and O–H groups in total. The Balaban J connectivity index is 2.55. The van der Waals surface area contributed by atoms with Gasteiger partial charge in [-0.15, -0.1) is 0 Å². The zero-order chi connectivity index (χ0) is 12.2. The normalized spacial score (nSPS) is 11.2. The number of carbonyl (C=O) groups is 1. The fourth-order valence-electron chi connectivity index (χ4n) is 1.07. The molecule has 4 nitrogen and oxygen atoms in total. The minimum atomic E-state index is -0.365. The van der Waals surface area contributed by atoms with E-state index in [0.717, 1.165) is 11.0 Å². The van der Waals surface area contributed by atoms with Gasteiger partial charge < -0.3 is 14.2 Å². The van der Waals surface area contributed by atoms with Crippen molar-refractivity contribution in [3.8, 4) is 0 Å². The third kappa shape index (κ3) is 4.12. The quantitative estimate of drug-likeness (QED) is 0.495. The standard InChI is InChI=1S/C11H16N2O2S/c1-13(2,3)7-8-15-11(14)9-5-4-6-12-10(9)16/h4-6H,7-8H2,1-3H3/p+1. The number of aromatic amines is 1. The van der Waals surface area contributed by atoms with Crippen molar-refractivity contribution < 1.29 is 14.0 Å². The first-order chi connectivity index (χ1) is 7.40. The Labute approximate surface area is 100 Å². The van der Waals surface area contributed by atoms with E-state index in [1.807, 2.05) is 21.1 Å². The molecule has 0 atom stereocenters. The molecule has 0 bridgehead atoms. The SMILES string of the molecule is C[N+](C)(C)CCOC(=O)c1ccc[nH]c1=S. The zero-order valence-electron chi connectivity index (χ0n) is 9.82. The predicted octanol–water partition coefficient (Wildman–Crippen LogP) is 1.61. The number of carbonyl (C=O) groups excluding carboxylic acids is 1. The molecule has 88 valence electrons. The molecule has 0 saturated heterocycles. The average molecular weight is 241 g/mol. The van der Waals surface area contributed by atoms with Crippen molar-refractivity contribution in [1.82, 2.24) is 4.98 Å². The second-order valence-corrected chi connectivity index (χ2v) is 4.97. The Morgan fingerprint density at radius 2 is 2.19 bits per heavy atom. The van der Waals surface area contributed by atoms with E-state index < -0.39 is 0 Å². The molecular formula is C11H17N2O2S+. The second-order valence-electron chi connectivity index (χ2n) is 4.56. The number of aromatic nitrogens is 1. The van der Waals surface area contributed by atoms with E-state index in [1.165, 1.54) is 0 Å². The second kappa shape index (κ2) is 5.23. The maximum absolute atomic E-state index is 11.6. The third-order valence-electron chi connectivity index (χ3n) is 2.03. The van der Waals surface area contributed by atoms with Crippen molar-refractivity contribution in [2.75, 3.05) is 34.3 Å². The van der Waals surface area contributed by atoms with Gasteiger partial charge >= 0.3 is 5.97 Å². The van der Waals surface area contributed by atoms with Crippen LogP contribution in [0.3, 0.4) is 0 Å². The minimum Gasteiger partial charge on any atom is -0.456 e. The largest absolute Gasteiger partial charge is 0.456 e. The van der Waals surface area contributed by atoms with E-state index >= 15 is 0 Å². The molecule has 5 heteroatoms. The molecule has 0 aliphatic heterocycles. The highest BCUT2D eigenvalue weighted by Gasteiger charge is 2.12. The number of rotatable bonds is 4. The summed E-state index contributed by atoms with van der Waals surface area (Å²) in [5.41, 5.74) is 0.416. The van der Waals surface area contributed by atoms with Crippen LogP contribution in [0.15, 0.2) is 18.3 Å². The lowest BCUT2D eigenvalue weighted by molar-refractivity contribution is -0.870. The van der Waals surface area contributed by atoms with Crippen molar-refractivity contribution in [3.05, 3.63) is 28.5 Å². The molecule has 1 aromatic rings. The Morgan fingerprint density at radius 3 is 2.75 bits per heavy atom. The van der Waals surface area contributed by atoms with E-state index in [1.54, 1.807) is 18.3 Å². The number of esters is 1. The van der Waals surface area contributed by atoms with E-state index in [2.05, 4.69) is 4.98 Å². The lowest BCUT2D eigenvalue weighted by Crippen LogP contribution is -2.38. The fourth-order valence-corrected chi connectivity index (χ4v) is 1.29. The number of pyridine rings is 1. The summed E-state index contributed by atoms with van der Waals surface area (Å²) in [7, 11) is 6.13. The lowest BCUT2D eigenvalue weighted by Gasteiger charge is -2.23. The highest BCUT2D eigenvalue weighted by molar-refractivity contribution is 7.71. The zero-order valence-corrected chi connectivity index (χ0v) is 10.6. The Kier molecular flexibility index (Phi) is 4.20. The van der Waals surface area contributed by atoms with Gasteiger partial charge in [-0.3, -0.25) is 0 Å². The molecule has 0 unspecified atom stereocenters. The minimum absolute atomic E-state index is 0.365. The summed E-state index contributed by atoms with van der Waals surface area (Å²) in [6.45, 7) is 1.17. The van der Waals surface area contributed by atoms with Crippen LogP contribution in [0, 0.1) is 4.64 Å². The van der Waals surface area contributed by atoms with Gasteiger partial charge in [0.25, 0.3) is 0 Å². The predicted molar refractivity (Wildman–Crippen MR) is 64.8 cm³/mol. The molecule has 0 fully saturated rings. The Bertz CT molecular complexity index is 420. The molecule has 1 heterocycles. The van der Waals surface area contributed by atoms with E-state index in [4.69, 9.17) is 17.0 Å². The van der Waals surface area contributed by atoms with Crippen LogP contribution < -0.4 is 0 Å². The maximum atomic E-state index is 11.6. The van der Waals surface area contributed by atoms with E-state index in [9.17, 15) is 4.79 Å². The van der Waals surface area contributed by atoms with Crippen LogP contribution in [0.5, 0.6) is 0 Å². The molecule has 0 spiro atoms. The molecule has 0 amide bonds. The summed E-state index contributed by atoms with van der Waals surface area (Å²) in [6, 6.07) is 3.39. The van der Waals surface area contributed by atoms with E-state index in [-0.39, 0.29) is 5.97 Å². The van der Waals surface area contributed by atoms with Gasteiger partial charge in [-0.05, 0) is 12.1 Å². The Hall–Kier alpha value is -1.20. The average Bonchev–Trinajstić information content (AvgIpc) is 2.16. The van der Waals surface area contributed by atoms with Gasteiger partial charge in [0.15, 0.2) is 0 Å². The van der Waals surface area contributed by atoms with Crippen LogP contribution in [0.1, 0.15) is 10.4 Å². The van der Waals surface area contributed by atoms with Crippen molar-refractivity contribution in [1.29, 1.82) is 0 Å². The summed E-state index contributed by atoms with van der Waals surface area (Å²) in [4.78, 5) is 14.4. The summed E-state index contributed by atoms with van der Waals surface area (Å²) in [5.74, 6) is -0.365. The van der Waals surface area contributed by atoms with Crippen LogP contribution in [-0.2, 0) is 4.74 Å². The molecule has 0 saturated carbocycles. The van der Waals surface area contributed by atoms with Crippen LogP contribution >= 0.6 is 12.2 Å². The fraction of sp³-hybridized carbons (Fsp3) is 0.455. The molecule has 16 heavy (non-hydrogen) atoms. The van der Waals surface area contributed by atoms with Crippen LogP contribution in [0.25, 0.3) is 0 Å². The number of nitrogens with zero attached hydrogens (tertiary/aromatic N) is 1. The topological polar surface area (TPSA) is 42.1 Å². The first-order valence-electron chi connectivity index (χ1n) is 5.05. The molecule has 0 aliphatic carbocycles. The highest BCUT2D eigenvalue weighted by Crippen LogP contribution is 2.02. The van der Waals surface area contributed by atoms with Crippen LogP contribution in [-0.4, -0.2) is 49.7 Å². The molecule has 0 aromatic carbocycles. The number of ether oxygens (including phenoxy) is 1. The molecule has 0 aliphatic rings. The smallest absolute Gasteiger partial charge is 0.341 e. The lowest BCUT2D eigenvalue weighted by atomic mass is 10.3. The maximum Gasteiger partial charge on any atom is 0.341 e.